The van der Waals surface area contributed by atoms with Crippen LogP contribution in [-0.2, 0) is 17.8 Å². The van der Waals surface area contributed by atoms with E-state index in [4.69, 9.17) is 26.0 Å². The summed E-state index contributed by atoms with van der Waals surface area (Å²) in [6.07, 6.45) is 4.37. The fourth-order valence-electron chi connectivity index (χ4n) is 6.72. The molecule has 10 heteroatoms. The summed E-state index contributed by atoms with van der Waals surface area (Å²) in [4.78, 5) is 34.8. The maximum absolute atomic E-state index is 12.6. The number of nitrogens with zero attached hydrogens (tertiary/aromatic N) is 7. The lowest BCUT2D eigenvalue weighted by molar-refractivity contribution is -0.128. The van der Waals surface area contributed by atoms with Gasteiger partial charge in [-0.05, 0) is 56.4 Å². The first-order valence-electron chi connectivity index (χ1n) is 15.1. The van der Waals surface area contributed by atoms with Crippen molar-refractivity contribution in [2.45, 2.75) is 37.9 Å². The molecule has 1 amide bonds. The standard InChI is InChI=1S/C33H39N7O3/c1-5-30(41)40-18-17-39(20-25(40)19-34-2)32-26-14-16-38(28-12-6-9-23-10-7-13-29(42-4)31(23)28)21-27(26)35-33(36-32)43-22-24-11-8-15-37(24)3/h5-7,9-10,12-13,24-25H,1,8,11,14-22H2,3-4H3. The number of anilines is 2. The highest BCUT2D eigenvalue weighted by atomic mass is 16.5. The Labute approximate surface area is 253 Å². The molecule has 2 unspecified atom stereocenters. The molecule has 0 aliphatic carbocycles. The number of aromatic nitrogens is 2. The van der Waals surface area contributed by atoms with Crippen LogP contribution < -0.4 is 19.3 Å². The lowest BCUT2D eigenvalue weighted by Gasteiger charge is -2.41. The molecule has 3 aliphatic heterocycles. The number of methoxy groups -OCH3 is 1. The van der Waals surface area contributed by atoms with Crippen LogP contribution in [0.15, 0.2) is 49.1 Å². The summed E-state index contributed by atoms with van der Waals surface area (Å²) in [6, 6.07) is 13.0. The molecule has 2 atom stereocenters. The summed E-state index contributed by atoms with van der Waals surface area (Å²) in [5.41, 5.74) is 3.17. The van der Waals surface area contributed by atoms with Crippen molar-refractivity contribution in [2.24, 2.45) is 0 Å². The van der Waals surface area contributed by atoms with E-state index in [1.165, 1.54) is 12.5 Å². The van der Waals surface area contributed by atoms with Crippen molar-refractivity contribution >= 4 is 28.2 Å². The van der Waals surface area contributed by atoms with E-state index >= 15 is 0 Å². The van der Waals surface area contributed by atoms with Crippen molar-refractivity contribution < 1.29 is 14.3 Å². The van der Waals surface area contributed by atoms with Gasteiger partial charge in [-0.15, -0.1) is 0 Å². The zero-order valence-electron chi connectivity index (χ0n) is 25.0. The van der Waals surface area contributed by atoms with E-state index in [0.29, 0.717) is 44.8 Å². The number of amides is 1. The summed E-state index contributed by atoms with van der Waals surface area (Å²) in [5, 5.41) is 2.23. The second kappa shape index (κ2) is 12.5. The average Bonchev–Trinajstić information content (AvgIpc) is 3.46. The Morgan fingerprint density at radius 3 is 2.70 bits per heavy atom. The maximum Gasteiger partial charge on any atom is 0.318 e. The third kappa shape index (κ3) is 5.69. The third-order valence-electron chi connectivity index (χ3n) is 9.05. The predicted molar refractivity (Wildman–Crippen MR) is 168 cm³/mol. The molecule has 0 radical (unpaired) electrons. The Morgan fingerprint density at radius 2 is 1.95 bits per heavy atom. The molecule has 4 heterocycles. The molecule has 1 aromatic heterocycles. The largest absolute Gasteiger partial charge is 0.496 e. The number of rotatable bonds is 8. The van der Waals surface area contributed by atoms with Crippen molar-refractivity contribution in [3.8, 4) is 11.8 Å². The first-order chi connectivity index (χ1) is 21.0. The van der Waals surface area contributed by atoms with Crippen LogP contribution in [0.25, 0.3) is 15.6 Å². The highest BCUT2D eigenvalue weighted by Gasteiger charge is 2.35. The maximum atomic E-state index is 12.6. The summed E-state index contributed by atoms with van der Waals surface area (Å²) in [7, 11) is 3.85. The minimum atomic E-state index is -0.234. The van der Waals surface area contributed by atoms with Gasteiger partial charge in [0, 0.05) is 48.9 Å². The Hall–Kier alpha value is -4.36. The molecule has 224 valence electrons. The van der Waals surface area contributed by atoms with Crippen molar-refractivity contribution in [1.82, 2.24) is 19.8 Å². The van der Waals surface area contributed by atoms with Gasteiger partial charge in [-0.3, -0.25) is 4.79 Å². The fraction of sp³-hybridized carbons (Fsp3) is 0.455. The number of likely N-dealkylation sites (N-methyl/N-ethyl adjacent to an activating group) is 1. The molecule has 3 aliphatic rings. The topological polar surface area (TPSA) is 78.6 Å². The number of benzene rings is 2. The van der Waals surface area contributed by atoms with E-state index in [1.807, 2.05) is 12.1 Å². The number of ether oxygens (including phenoxy) is 2. The van der Waals surface area contributed by atoms with Gasteiger partial charge in [0.2, 0.25) is 12.5 Å². The van der Waals surface area contributed by atoms with E-state index in [9.17, 15) is 4.79 Å². The van der Waals surface area contributed by atoms with Gasteiger partial charge in [0.25, 0.3) is 0 Å². The first-order valence-corrected chi connectivity index (χ1v) is 15.1. The van der Waals surface area contributed by atoms with Crippen LogP contribution in [0, 0.1) is 6.57 Å². The third-order valence-corrected chi connectivity index (χ3v) is 9.05. The Bertz CT molecular complexity index is 1550. The van der Waals surface area contributed by atoms with Gasteiger partial charge in [-0.1, -0.05) is 30.8 Å². The van der Waals surface area contributed by atoms with Gasteiger partial charge in [-0.25, -0.2) is 6.57 Å². The van der Waals surface area contributed by atoms with E-state index in [2.05, 4.69) is 57.4 Å². The molecule has 2 saturated heterocycles. The van der Waals surface area contributed by atoms with Gasteiger partial charge in [0.15, 0.2) is 0 Å². The minimum Gasteiger partial charge on any atom is -0.496 e. The fourth-order valence-corrected chi connectivity index (χ4v) is 6.72. The highest BCUT2D eigenvalue weighted by molar-refractivity contribution is 5.99. The van der Waals surface area contributed by atoms with E-state index in [1.54, 1.807) is 12.0 Å². The van der Waals surface area contributed by atoms with Gasteiger partial charge in [0.1, 0.15) is 24.2 Å². The van der Waals surface area contributed by atoms with Gasteiger partial charge < -0.3 is 33.9 Å². The zero-order chi connectivity index (χ0) is 29.9. The average molecular weight is 582 g/mol. The van der Waals surface area contributed by atoms with E-state index < -0.39 is 0 Å². The summed E-state index contributed by atoms with van der Waals surface area (Å²) in [5.74, 6) is 1.57. The van der Waals surface area contributed by atoms with Crippen LogP contribution in [0.4, 0.5) is 11.5 Å². The van der Waals surface area contributed by atoms with Gasteiger partial charge >= 0.3 is 6.01 Å². The zero-order valence-corrected chi connectivity index (χ0v) is 25.0. The molecule has 0 N–H and O–H groups in total. The number of carbonyl (C=O) groups excluding carboxylic acids is 1. The van der Waals surface area contributed by atoms with E-state index in [0.717, 1.165) is 65.2 Å². The Balaban J connectivity index is 1.35. The lowest BCUT2D eigenvalue weighted by Crippen LogP contribution is -2.56. The van der Waals surface area contributed by atoms with Gasteiger partial charge in [0.05, 0.1) is 19.3 Å². The molecular weight excluding hydrogens is 542 g/mol. The number of carbonyl (C=O) groups is 1. The minimum absolute atomic E-state index is 0.135. The summed E-state index contributed by atoms with van der Waals surface area (Å²) < 4.78 is 12.1. The van der Waals surface area contributed by atoms with E-state index in [-0.39, 0.29) is 18.5 Å². The summed E-state index contributed by atoms with van der Waals surface area (Å²) in [6.45, 7) is 16.1. The number of likely N-dealkylation sites (tertiary alicyclic amines) is 1. The molecule has 2 aromatic carbocycles. The van der Waals surface area contributed by atoms with Crippen molar-refractivity contribution in [1.29, 1.82) is 0 Å². The second-order valence-corrected chi connectivity index (χ2v) is 11.5. The van der Waals surface area contributed by atoms with Crippen LogP contribution in [0.5, 0.6) is 11.8 Å². The molecule has 0 bridgehead atoms. The Morgan fingerprint density at radius 1 is 1.12 bits per heavy atom. The predicted octanol–water partition coefficient (Wildman–Crippen LogP) is 3.80. The van der Waals surface area contributed by atoms with Crippen LogP contribution in [0.2, 0.25) is 0 Å². The molecule has 0 spiro atoms. The van der Waals surface area contributed by atoms with Crippen molar-refractivity contribution in [3.63, 3.8) is 0 Å². The SMILES string of the molecule is [C-]#[N+]CC1CN(c2nc(OCC3CCCN3C)nc3c2CCN(c2cccc4cccc(OC)c24)C3)CCN1C(=O)C=C. The van der Waals surface area contributed by atoms with Crippen LogP contribution in [0.1, 0.15) is 24.1 Å². The van der Waals surface area contributed by atoms with Crippen molar-refractivity contribution in [2.75, 3.05) is 69.8 Å². The smallest absolute Gasteiger partial charge is 0.318 e. The Kier molecular flexibility index (Phi) is 8.34. The highest BCUT2D eigenvalue weighted by Crippen LogP contribution is 2.38. The first kappa shape index (κ1) is 28.7. The normalized spacial score (nSPS) is 20.5. The molecule has 10 nitrogen and oxygen atoms in total. The molecular formula is C33H39N7O3. The monoisotopic (exact) mass is 581 g/mol. The van der Waals surface area contributed by atoms with Crippen LogP contribution >= 0.6 is 0 Å². The second-order valence-electron chi connectivity index (χ2n) is 11.5. The molecule has 2 fully saturated rings. The number of piperazine rings is 1. The van der Waals surface area contributed by atoms with Crippen LogP contribution in [-0.4, -0.2) is 97.8 Å². The molecule has 3 aromatic rings. The molecule has 43 heavy (non-hydrogen) atoms. The summed E-state index contributed by atoms with van der Waals surface area (Å²) >= 11 is 0. The number of hydrogen-bond acceptors (Lipinski definition) is 8. The molecule has 0 saturated carbocycles. The quantitative estimate of drug-likeness (QED) is 0.294. The number of hydrogen-bond donors (Lipinski definition) is 0. The molecule has 6 rings (SSSR count). The van der Waals surface area contributed by atoms with Crippen molar-refractivity contribution in [3.05, 3.63) is 71.7 Å². The lowest BCUT2D eigenvalue weighted by atomic mass is 10.0. The number of fused-ring (bicyclic) bond motifs is 2. The van der Waals surface area contributed by atoms with Gasteiger partial charge in [-0.2, -0.15) is 9.97 Å². The van der Waals surface area contributed by atoms with Crippen LogP contribution in [0.3, 0.4) is 0 Å².